The smallest absolute Gasteiger partial charge is 0.246 e. The van der Waals surface area contributed by atoms with Gasteiger partial charge in [0, 0.05) is 26.3 Å². The highest BCUT2D eigenvalue weighted by Crippen LogP contribution is 2.22. The van der Waals surface area contributed by atoms with E-state index in [1.54, 1.807) is 14.0 Å². The summed E-state index contributed by atoms with van der Waals surface area (Å²) in [7, 11) is -1.76. The van der Waals surface area contributed by atoms with Crippen LogP contribution in [0.25, 0.3) is 0 Å². The Hall–Kier alpha value is -0.920. The molecule has 0 aliphatic carbocycles. The summed E-state index contributed by atoms with van der Waals surface area (Å²) >= 11 is 0. The fraction of sp³-hybridized carbons (Fsp3) is 0.700. The van der Waals surface area contributed by atoms with Gasteiger partial charge in [0.25, 0.3) is 0 Å². The molecule has 7 heteroatoms. The Kier molecular flexibility index (Phi) is 3.24. The number of sulfonamides is 1. The second-order valence-corrected chi connectivity index (χ2v) is 6.29. The maximum Gasteiger partial charge on any atom is 0.246 e. The third-order valence-electron chi connectivity index (χ3n) is 3.01. The van der Waals surface area contributed by atoms with Gasteiger partial charge in [-0.25, -0.2) is 8.42 Å². The van der Waals surface area contributed by atoms with Crippen LogP contribution in [0.1, 0.15) is 18.5 Å². The maximum absolute atomic E-state index is 12.3. The lowest BCUT2D eigenvalue weighted by Gasteiger charge is -2.28. The molecule has 0 amide bonds. The number of rotatable bonds is 2. The van der Waals surface area contributed by atoms with Gasteiger partial charge in [-0.2, -0.15) is 9.40 Å². The number of aromatic nitrogens is 2. The molecule has 0 aromatic carbocycles. The van der Waals surface area contributed by atoms with Gasteiger partial charge in [-0.3, -0.25) is 4.68 Å². The van der Waals surface area contributed by atoms with Gasteiger partial charge in [0.1, 0.15) is 4.90 Å². The van der Waals surface area contributed by atoms with Gasteiger partial charge in [0.2, 0.25) is 10.0 Å². The highest BCUT2D eigenvalue weighted by atomic mass is 32.2. The molecule has 1 fully saturated rings. The number of piperidine rings is 1. The van der Waals surface area contributed by atoms with Crippen LogP contribution in [-0.2, 0) is 17.1 Å². The van der Waals surface area contributed by atoms with Crippen LogP contribution in [-0.4, -0.2) is 46.8 Å². The first-order valence-electron chi connectivity index (χ1n) is 5.59. The number of hydrogen-bond donors (Lipinski definition) is 1. The van der Waals surface area contributed by atoms with E-state index < -0.39 is 10.0 Å². The molecule has 2 heterocycles. The third kappa shape index (κ3) is 2.36. The topological polar surface area (TPSA) is 75.4 Å². The molecule has 17 heavy (non-hydrogen) atoms. The summed E-state index contributed by atoms with van der Waals surface area (Å²) in [5.74, 6) is 0. The van der Waals surface area contributed by atoms with Crippen LogP contribution in [0.2, 0.25) is 0 Å². The summed E-state index contributed by atoms with van der Waals surface area (Å²) in [6, 6.07) is 0. The predicted molar refractivity (Wildman–Crippen MR) is 61.9 cm³/mol. The van der Waals surface area contributed by atoms with Crippen molar-refractivity contribution in [3.8, 4) is 0 Å². The van der Waals surface area contributed by atoms with E-state index in [9.17, 15) is 13.5 Å². The van der Waals surface area contributed by atoms with Crippen LogP contribution in [0.15, 0.2) is 11.1 Å². The molecule has 1 aromatic rings. The van der Waals surface area contributed by atoms with Crippen LogP contribution < -0.4 is 0 Å². The first-order valence-corrected chi connectivity index (χ1v) is 7.03. The Labute approximate surface area is 101 Å². The van der Waals surface area contributed by atoms with Crippen LogP contribution in [0, 0.1) is 6.92 Å². The van der Waals surface area contributed by atoms with E-state index in [0.717, 1.165) is 0 Å². The lowest BCUT2D eigenvalue weighted by atomic mass is 10.1. The van der Waals surface area contributed by atoms with E-state index in [4.69, 9.17) is 0 Å². The van der Waals surface area contributed by atoms with E-state index >= 15 is 0 Å². The molecule has 1 aromatic heterocycles. The number of aliphatic hydroxyl groups is 1. The second kappa shape index (κ2) is 4.40. The first-order chi connectivity index (χ1) is 7.91. The zero-order valence-electron chi connectivity index (χ0n) is 10.00. The van der Waals surface area contributed by atoms with Crippen molar-refractivity contribution < 1.29 is 13.5 Å². The van der Waals surface area contributed by atoms with Crippen molar-refractivity contribution in [2.75, 3.05) is 13.1 Å². The molecule has 1 aliphatic heterocycles. The quantitative estimate of drug-likeness (QED) is 0.803. The normalized spacial score (nSPS) is 19.7. The van der Waals surface area contributed by atoms with E-state index in [1.807, 2.05) is 0 Å². The average Bonchev–Trinajstić information content (AvgIpc) is 2.59. The van der Waals surface area contributed by atoms with Crippen LogP contribution in [0.5, 0.6) is 0 Å². The third-order valence-corrected chi connectivity index (χ3v) is 5.01. The molecule has 0 bridgehead atoms. The first kappa shape index (κ1) is 12.5. The number of aliphatic hydroxyl groups excluding tert-OH is 1. The lowest BCUT2D eigenvalue weighted by Crippen LogP contribution is -2.40. The minimum atomic E-state index is -3.46. The van der Waals surface area contributed by atoms with Crippen molar-refractivity contribution in [3.63, 3.8) is 0 Å². The molecule has 1 saturated heterocycles. The van der Waals surface area contributed by atoms with E-state index in [1.165, 1.54) is 15.2 Å². The molecular formula is C10H17N3O3S. The monoisotopic (exact) mass is 259 g/mol. The summed E-state index contributed by atoms with van der Waals surface area (Å²) in [6.45, 7) is 2.43. The summed E-state index contributed by atoms with van der Waals surface area (Å²) < 4.78 is 27.6. The molecule has 0 atom stereocenters. The predicted octanol–water partition coefficient (Wildman–Crippen LogP) is -0.126. The van der Waals surface area contributed by atoms with Crippen molar-refractivity contribution in [3.05, 3.63) is 11.9 Å². The Morgan fingerprint density at radius 3 is 2.47 bits per heavy atom. The second-order valence-electron chi connectivity index (χ2n) is 4.39. The Balaban J connectivity index is 2.28. The number of nitrogens with zero attached hydrogens (tertiary/aromatic N) is 3. The largest absolute Gasteiger partial charge is 0.393 e. The standard InChI is InChI=1S/C10H17N3O3S/c1-8-10(7-12(2)11-8)17(15,16)13-5-3-9(14)4-6-13/h7,9,14H,3-6H2,1-2H3. The molecule has 0 spiro atoms. The van der Waals surface area contributed by atoms with E-state index in [0.29, 0.717) is 31.6 Å². The molecule has 0 unspecified atom stereocenters. The maximum atomic E-state index is 12.3. The molecule has 2 rings (SSSR count). The minimum Gasteiger partial charge on any atom is -0.393 e. The molecule has 0 radical (unpaired) electrons. The van der Waals surface area contributed by atoms with Crippen molar-refractivity contribution >= 4 is 10.0 Å². The van der Waals surface area contributed by atoms with Crippen molar-refractivity contribution in [1.29, 1.82) is 0 Å². The van der Waals surface area contributed by atoms with Crippen LogP contribution >= 0.6 is 0 Å². The summed E-state index contributed by atoms with van der Waals surface area (Å²) in [5.41, 5.74) is 0.513. The van der Waals surface area contributed by atoms with E-state index in [2.05, 4.69) is 5.10 Å². The molecule has 1 N–H and O–H groups in total. The Bertz CT molecular complexity index is 501. The summed E-state index contributed by atoms with van der Waals surface area (Å²) in [6.07, 6.45) is 2.14. The fourth-order valence-electron chi connectivity index (χ4n) is 2.05. The number of hydrogen-bond acceptors (Lipinski definition) is 4. The van der Waals surface area contributed by atoms with Gasteiger partial charge < -0.3 is 5.11 Å². The van der Waals surface area contributed by atoms with Gasteiger partial charge in [-0.05, 0) is 19.8 Å². The van der Waals surface area contributed by atoms with Crippen molar-refractivity contribution in [2.24, 2.45) is 7.05 Å². The molecular weight excluding hydrogens is 242 g/mol. The van der Waals surface area contributed by atoms with Crippen molar-refractivity contribution in [2.45, 2.75) is 30.8 Å². The summed E-state index contributed by atoms with van der Waals surface area (Å²) in [4.78, 5) is 0.261. The highest BCUT2D eigenvalue weighted by Gasteiger charge is 2.30. The van der Waals surface area contributed by atoms with Gasteiger partial charge in [-0.1, -0.05) is 0 Å². The van der Waals surface area contributed by atoms with Gasteiger partial charge in [-0.15, -0.1) is 0 Å². The van der Waals surface area contributed by atoms with Gasteiger partial charge >= 0.3 is 0 Å². The SMILES string of the molecule is Cc1nn(C)cc1S(=O)(=O)N1CCC(O)CC1. The fourth-order valence-corrected chi connectivity index (χ4v) is 3.72. The molecule has 96 valence electrons. The summed E-state index contributed by atoms with van der Waals surface area (Å²) in [5, 5.41) is 13.4. The van der Waals surface area contributed by atoms with Gasteiger partial charge in [0.15, 0.2) is 0 Å². The number of aryl methyl sites for hydroxylation is 2. The Morgan fingerprint density at radius 2 is 2.00 bits per heavy atom. The zero-order valence-corrected chi connectivity index (χ0v) is 10.8. The van der Waals surface area contributed by atoms with Crippen molar-refractivity contribution in [1.82, 2.24) is 14.1 Å². The molecule has 1 aliphatic rings. The van der Waals surface area contributed by atoms with E-state index in [-0.39, 0.29) is 11.0 Å². The molecule has 0 saturated carbocycles. The van der Waals surface area contributed by atoms with Crippen LogP contribution in [0.4, 0.5) is 0 Å². The lowest BCUT2D eigenvalue weighted by molar-refractivity contribution is 0.113. The zero-order chi connectivity index (χ0) is 12.6. The van der Waals surface area contributed by atoms with Gasteiger partial charge in [0.05, 0.1) is 11.8 Å². The van der Waals surface area contributed by atoms with Crippen LogP contribution in [0.3, 0.4) is 0 Å². The highest BCUT2D eigenvalue weighted by molar-refractivity contribution is 7.89. The molecule has 6 nitrogen and oxygen atoms in total. The minimum absolute atomic E-state index is 0.261. The Morgan fingerprint density at radius 1 is 1.41 bits per heavy atom. The average molecular weight is 259 g/mol.